The second kappa shape index (κ2) is 5.95. The summed E-state index contributed by atoms with van der Waals surface area (Å²) in [6, 6.07) is 0. The zero-order chi connectivity index (χ0) is 12.2. The first-order chi connectivity index (χ1) is 6.82. The minimum absolute atomic E-state index is 0.881. The summed E-state index contributed by atoms with van der Waals surface area (Å²) in [4.78, 5) is 10.2. The molecule has 0 aromatic rings. The summed E-state index contributed by atoms with van der Waals surface area (Å²) in [6.45, 7) is -0.881. The van der Waals surface area contributed by atoms with E-state index < -0.39 is 43.1 Å². The molecule has 0 aliphatic rings. The highest BCUT2D eigenvalue weighted by Gasteiger charge is 2.36. The Hall–Kier alpha value is -0.770. The van der Waals surface area contributed by atoms with Crippen LogP contribution in [-0.4, -0.2) is 78.8 Å². The molecule has 8 heteroatoms. The van der Waals surface area contributed by atoms with Crippen molar-refractivity contribution in [3.8, 4) is 0 Å². The first-order valence-electron chi connectivity index (χ1n) is 4.07. The number of rotatable bonds is 6. The number of aliphatic hydroxyl groups is 6. The molecule has 0 fully saturated rings. The SMILES string of the molecule is O=C(O)[C@H](O)[C@@H](O)[C@@H](O)[C@H](O)[C@H](O)CO. The highest BCUT2D eigenvalue weighted by molar-refractivity contribution is 5.72. The van der Waals surface area contributed by atoms with Crippen LogP contribution in [0.2, 0.25) is 0 Å². The van der Waals surface area contributed by atoms with Crippen molar-refractivity contribution in [1.29, 1.82) is 0 Å². The molecule has 0 bridgehead atoms. The van der Waals surface area contributed by atoms with Gasteiger partial charge in [0.1, 0.15) is 24.4 Å². The van der Waals surface area contributed by atoms with Gasteiger partial charge >= 0.3 is 5.97 Å². The van der Waals surface area contributed by atoms with Crippen molar-refractivity contribution in [3.05, 3.63) is 0 Å². The van der Waals surface area contributed by atoms with Crippen molar-refractivity contribution in [1.82, 2.24) is 0 Å². The summed E-state index contributed by atoms with van der Waals surface area (Å²) < 4.78 is 0. The fourth-order valence-electron chi connectivity index (χ4n) is 0.870. The third-order valence-corrected chi connectivity index (χ3v) is 1.86. The van der Waals surface area contributed by atoms with E-state index in [1.54, 1.807) is 0 Å². The molecule has 0 unspecified atom stereocenters. The summed E-state index contributed by atoms with van der Waals surface area (Å²) in [5.74, 6) is -1.78. The predicted molar refractivity (Wildman–Crippen MR) is 44.8 cm³/mol. The summed E-state index contributed by atoms with van der Waals surface area (Å²) in [6.07, 6.45) is -10.2. The van der Waals surface area contributed by atoms with Crippen LogP contribution in [0, 0.1) is 0 Å². The molecular weight excluding hydrogens is 212 g/mol. The second-order valence-electron chi connectivity index (χ2n) is 3.00. The summed E-state index contributed by atoms with van der Waals surface area (Å²) in [7, 11) is 0. The van der Waals surface area contributed by atoms with Crippen LogP contribution in [0.25, 0.3) is 0 Å². The molecule has 0 saturated heterocycles. The Balaban J connectivity index is 4.42. The molecule has 0 rings (SSSR count). The van der Waals surface area contributed by atoms with E-state index in [0.29, 0.717) is 0 Å². The Bertz CT molecular complexity index is 207. The van der Waals surface area contributed by atoms with Crippen molar-refractivity contribution in [2.75, 3.05) is 6.61 Å². The predicted octanol–water partition coefficient (Wildman–Crippen LogP) is -4.13. The van der Waals surface area contributed by atoms with Crippen LogP contribution >= 0.6 is 0 Å². The van der Waals surface area contributed by atoms with Gasteiger partial charge in [-0.05, 0) is 0 Å². The first kappa shape index (κ1) is 14.2. The monoisotopic (exact) mass is 226 g/mol. The molecule has 5 atom stereocenters. The molecule has 0 aliphatic heterocycles. The van der Waals surface area contributed by atoms with E-state index in [1.807, 2.05) is 0 Å². The van der Waals surface area contributed by atoms with Gasteiger partial charge in [0, 0.05) is 0 Å². The van der Waals surface area contributed by atoms with Gasteiger partial charge in [-0.25, -0.2) is 4.79 Å². The van der Waals surface area contributed by atoms with Gasteiger partial charge in [0.2, 0.25) is 0 Å². The Morgan fingerprint density at radius 1 is 0.933 bits per heavy atom. The fraction of sp³-hybridized carbons (Fsp3) is 0.857. The van der Waals surface area contributed by atoms with E-state index in [0.717, 1.165) is 0 Å². The van der Waals surface area contributed by atoms with E-state index in [4.69, 9.17) is 35.7 Å². The van der Waals surface area contributed by atoms with Crippen LogP contribution in [0.15, 0.2) is 0 Å². The number of aliphatic carboxylic acids is 1. The van der Waals surface area contributed by atoms with E-state index in [2.05, 4.69) is 0 Å². The van der Waals surface area contributed by atoms with Crippen molar-refractivity contribution < 1.29 is 40.5 Å². The highest BCUT2D eigenvalue weighted by atomic mass is 16.4. The maximum atomic E-state index is 10.2. The van der Waals surface area contributed by atoms with E-state index in [9.17, 15) is 4.79 Å². The topological polar surface area (TPSA) is 159 Å². The Kier molecular flexibility index (Phi) is 5.65. The number of carbonyl (C=O) groups is 1. The average Bonchev–Trinajstić information content (AvgIpc) is 2.23. The Morgan fingerprint density at radius 3 is 1.73 bits per heavy atom. The molecule has 15 heavy (non-hydrogen) atoms. The highest BCUT2D eigenvalue weighted by Crippen LogP contribution is 2.08. The van der Waals surface area contributed by atoms with Gasteiger partial charge in [-0.2, -0.15) is 0 Å². The van der Waals surface area contributed by atoms with Crippen LogP contribution in [0.5, 0.6) is 0 Å². The Labute approximate surface area is 84.7 Å². The molecule has 0 aromatic heterocycles. The second-order valence-corrected chi connectivity index (χ2v) is 3.00. The molecule has 7 N–H and O–H groups in total. The van der Waals surface area contributed by atoms with Crippen molar-refractivity contribution in [3.63, 3.8) is 0 Å². The minimum Gasteiger partial charge on any atom is -0.479 e. The van der Waals surface area contributed by atoms with Crippen LogP contribution in [0.3, 0.4) is 0 Å². The van der Waals surface area contributed by atoms with Crippen LogP contribution < -0.4 is 0 Å². The van der Waals surface area contributed by atoms with Crippen LogP contribution in [-0.2, 0) is 4.79 Å². The summed E-state index contributed by atoms with van der Waals surface area (Å²) in [5, 5.41) is 61.5. The van der Waals surface area contributed by atoms with Crippen molar-refractivity contribution >= 4 is 5.97 Å². The quantitative estimate of drug-likeness (QED) is 0.240. The van der Waals surface area contributed by atoms with Gasteiger partial charge in [0.05, 0.1) is 6.61 Å². The standard InChI is InChI=1S/C7H14O8/c8-1-2(9)3(10)4(11)5(12)6(13)7(14)15/h2-6,8-13H,1H2,(H,14,15)/t2-,3-,4+,5+,6-/m1/s1. The Morgan fingerprint density at radius 2 is 1.40 bits per heavy atom. The molecule has 0 radical (unpaired) electrons. The summed E-state index contributed by atoms with van der Waals surface area (Å²) >= 11 is 0. The zero-order valence-electron chi connectivity index (χ0n) is 7.63. The maximum absolute atomic E-state index is 10.2. The summed E-state index contributed by atoms with van der Waals surface area (Å²) in [5.41, 5.74) is 0. The lowest BCUT2D eigenvalue weighted by Crippen LogP contribution is -2.51. The number of aliphatic hydroxyl groups excluding tert-OH is 6. The maximum Gasteiger partial charge on any atom is 0.335 e. The average molecular weight is 226 g/mol. The van der Waals surface area contributed by atoms with Gasteiger partial charge in [0.15, 0.2) is 6.10 Å². The van der Waals surface area contributed by atoms with Gasteiger partial charge in [-0.3, -0.25) is 0 Å². The van der Waals surface area contributed by atoms with E-state index >= 15 is 0 Å². The van der Waals surface area contributed by atoms with E-state index in [-0.39, 0.29) is 0 Å². The molecular formula is C7H14O8. The number of carboxylic acid groups (broad SMARTS) is 1. The molecule has 8 nitrogen and oxygen atoms in total. The largest absolute Gasteiger partial charge is 0.479 e. The van der Waals surface area contributed by atoms with Crippen LogP contribution in [0.1, 0.15) is 0 Å². The third kappa shape index (κ3) is 3.70. The molecule has 0 aromatic carbocycles. The van der Waals surface area contributed by atoms with Crippen LogP contribution in [0.4, 0.5) is 0 Å². The van der Waals surface area contributed by atoms with E-state index in [1.165, 1.54) is 0 Å². The number of hydrogen-bond donors (Lipinski definition) is 7. The van der Waals surface area contributed by atoms with Gasteiger partial charge in [-0.1, -0.05) is 0 Å². The van der Waals surface area contributed by atoms with Gasteiger partial charge in [-0.15, -0.1) is 0 Å². The minimum atomic E-state index is -2.29. The first-order valence-corrected chi connectivity index (χ1v) is 4.07. The van der Waals surface area contributed by atoms with Crippen molar-refractivity contribution in [2.45, 2.75) is 30.5 Å². The normalized spacial score (nSPS) is 21.5. The molecule has 0 saturated carbocycles. The molecule has 0 spiro atoms. The molecule has 0 aliphatic carbocycles. The zero-order valence-corrected chi connectivity index (χ0v) is 7.63. The smallest absolute Gasteiger partial charge is 0.335 e. The van der Waals surface area contributed by atoms with Gasteiger partial charge in [0.25, 0.3) is 0 Å². The van der Waals surface area contributed by atoms with Crippen molar-refractivity contribution in [2.24, 2.45) is 0 Å². The number of hydrogen-bond acceptors (Lipinski definition) is 7. The third-order valence-electron chi connectivity index (χ3n) is 1.86. The molecule has 0 amide bonds. The lowest BCUT2D eigenvalue weighted by atomic mass is 9.99. The molecule has 0 heterocycles. The lowest BCUT2D eigenvalue weighted by Gasteiger charge is -2.26. The number of carboxylic acids is 1. The fourth-order valence-corrected chi connectivity index (χ4v) is 0.870. The van der Waals surface area contributed by atoms with Gasteiger partial charge < -0.3 is 35.7 Å². The molecule has 90 valence electrons. The lowest BCUT2D eigenvalue weighted by molar-refractivity contribution is -0.169.